The average molecular weight is 508 g/mol. The van der Waals surface area contributed by atoms with Crippen LogP contribution in [0.4, 0.5) is 4.79 Å². The zero-order chi connectivity index (χ0) is 15.5. The molecule has 0 radical (unpaired) electrons. The van der Waals surface area contributed by atoms with Gasteiger partial charge in [0.2, 0.25) is 0 Å². The van der Waals surface area contributed by atoms with E-state index >= 15 is 0 Å². The van der Waals surface area contributed by atoms with Crippen molar-refractivity contribution in [3.63, 3.8) is 0 Å². The molecule has 0 atom stereocenters. The lowest BCUT2D eigenvalue weighted by Crippen LogP contribution is -2.18. The zero-order valence-corrected chi connectivity index (χ0v) is 15.9. The fraction of sp³-hybridized carbons (Fsp3) is 0.188. The minimum atomic E-state index is -0.722. The third-order valence-corrected chi connectivity index (χ3v) is 4.48. The maximum Gasteiger partial charge on any atom is 0.523 e. The molecule has 21 heavy (non-hydrogen) atoms. The maximum absolute atomic E-state index is 11.1. The largest absolute Gasteiger partial charge is 0.523 e. The van der Waals surface area contributed by atoms with Crippen LogP contribution in [-0.4, -0.2) is 6.16 Å². The lowest BCUT2D eigenvalue weighted by atomic mass is 9.78. The minimum Gasteiger partial charge on any atom is -0.394 e. The predicted molar refractivity (Wildman–Crippen MR) is 98.9 cm³/mol. The Morgan fingerprint density at radius 3 is 1.90 bits per heavy atom. The third kappa shape index (κ3) is 4.09. The van der Waals surface area contributed by atoms with Crippen molar-refractivity contribution in [2.45, 2.75) is 19.3 Å². The van der Waals surface area contributed by atoms with Crippen LogP contribution in [0.2, 0.25) is 0 Å². The average Bonchev–Trinajstić information content (AvgIpc) is 2.48. The number of ether oxygens (including phenoxy) is 1. The van der Waals surface area contributed by atoms with Gasteiger partial charge in [0.25, 0.3) is 0 Å². The summed E-state index contributed by atoms with van der Waals surface area (Å²) in [5.74, 6) is 0.471. The van der Waals surface area contributed by atoms with E-state index in [1.807, 2.05) is 12.1 Å². The van der Waals surface area contributed by atoms with Crippen molar-refractivity contribution in [3.05, 3.63) is 63.2 Å². The number of halogens is 2. The van der Waals surface area contributed by atoms with E-state index in [0.717, 1.165) is 5.56 Å². The molecule has 0 aliphatic rings. The predicted octanol–water partition coefficient (Wildman–Crippen LogP) is 5.48. The van der Waals surface area contributed by atoms with Gasteiger partial charge in [-0.05, 0) is 58.0 Å². The monoisotopic (exact) mass is 508 g/mol. The van der Waals surface area contributed by atoms with Crippen LogP contribution < -0.4 is 4.74 Å². The van der Waals surface area contributed by atoms with Gasteiger partial charge in [0.1, 0.15) is 5.75 Å². The van der Waals surface area contributed by atoms with E-state index in [-0.39, 0.29) is 5.41 Å². The summed E-state index contributed by atoms with van der Waals surface area (Å²) in [5, 5.41) is 0. The highest BCUT2D eigenvalue weighted by molar-refractivity contribution is 14.1. The molecule has 0 saturated carbocycles. The second-order valence-electron chi connectivity index (χ2n) is 5.09. The highest BCUT2D eigenvalue weighted by Gasteiger charge is 2.23. The van der Waals surface area contributed by atoms with E-state index in [9.17, 15) is 4.79 Å². The van der Waals surface area contributed by atoms with Crippen LogP contribution in [0.15, 0.2) is 48.5 Å². The molecule has 2 aromatic carbocycles. The van der Waals surface area contributed by atoms with Crippen LogP contribution in [0, 0.1) is 3.57 Å². The first-order valence-corrected chi connectivity index (χ1v) is 8.26. The van der Waals surface area contributed by atoms with Crippen molar-refractivity contribution < 1.29 is 12.6 Å². The normalized spacial score (nSPS) is 11.0. The van der Waals surface area contributed by atoms with Gasteiger partial charge >= 0.3 is 6.16 Å². The number of hydrogen-bond acceptors (Lipinski definition) is 3. The molecule has 5 heteroatoms. The fourth-order valence-electron chi connectivity index (χ4n) is 2.08. The van der Waals surface area contributed by atoms with Gasteiger partial charge in [-0.15, -0.1) is 0 Å². The Hall–Kier alpha value is -0.830. The molecule has 0 aliphatic heterocycles. The van der Waals surface area contributed by atoms with Crippen molar-refractivity contribution in [2.75, 3.05) is 0 Å². The van der Waals surface area contributed by atoms with Crippen LogP contribution in [0.25, 0.3) is 0 Å². The van der Waals surface area contributed by atoms with E-state index in [1.165, 1.54) is 32.1 Å². The van der Waals surface area contributed by atoms with Crippen LogP contribution in [0.5, 0.6) is 5.75 Å². The van der Waals surface area contributed by atoms with Gasteiger partial charge in [-0.25, -0.2) is 4.79 Å². The van der Waals surface area contributed by atoms with Gasteiger partial charge in [-0.1, -0.05) is 38.1 Å². The summed E-state index contributed by atoms with van der Waals surface area (Å²) in [7, 11) is 0. The SMILES string of the molecule is CC(C)(c1ccc(I)cc1)c1ccc(OC(=O)OI)cc1. The lowest BCUT2D eigenvalue weighted by molar-refractivity contribution is 0.167. The quantitative estimate of drug-likeness (QED) is 0.313. The molecule has 110 valence electrons. The lowest BCUT2D eigenvalue weighted by Gasteiger charge is -2.26. The Morgan fingerprint density at radius 1 is 0.952 bits per heavy atom. The number of hydrogen-bond donors (Lipinski definition) is 0. The van der Waals surface area contributed by atoms with E-state index in [0.29, 0.717) is 5.75 Å². The minimum absolute atomic E-state index is 0.118. The van der Waals surface area contributed by atoms with Crippen molar-refractivity contribution in [2.24, 2.45) is 0 Å². The molecule has 0 bridgehead atoms. The Bertz CT molecular complexity index is 619. The van der Waals surface area contributed by atoms with Gasteiger partial charge in [0.05, 0.1) is 0 Å². The maximum atomic E-state index is 11.1. The van der Waals surface area contributed by atoms with Crippen LogP contribution in [-0.2, 0) is 8.48 Å². The van der Waals surface area contributed by atoms with Gasteiger partial charge < -0.3 is 7.80 Å². The number of carbonyl (C=O) groups excluding carboxylic acids is 1. The third-order valence-electron chi connectivity index (χ3n) is 3.41. The van der Waals surface area contributed by atoms with Crippen molar-refractivity contribution in [1.29, 1.82) is 0 Å². The van der Waals surface area contributed by atoms with Crippen molar-refractivity contribution in [1.82, 2.24) is 0 Å². The smallest absolute Gasteiger partial charge is 0.394 e. The molecular formula is C16H14I2O3. The number of rotatable bonds is 3. The molecule has 0 saturated heterocycles. The van der Waals surface area contributed by atoms with Crippen LogP contribution in [0.3, 0.4) is 0 Å². The highest BCUT2D eigenvalue weighted by Crippen LogP contribution is 2.32. The fourth-order valence-corrected chi connectivity index (χ4v) is 2.53. The Balaban J connectivity index is 2.24. The summed E-state index contributed by atoms with van der Waals surface area (Å²) < 4.78 is 10.6. The second-order valence-corrected chi connectivity index (χ2v) is 6.77. The zero-order valence-electron chi connectivity index (χ0n) is 11.6. The molecule has 2 rings (SSSR count). The van der Waals surface area contributed by atoms with Crippen molar-refractivity contribution >= 4 is 51.8 Å². The first-order chi connectivity index (χ1) is 9.93. The molecule has 2 aromatic rings. The van der Waals surface area contributed by atoms with E-state index < -0.39 is 6.16 Å². The first kappa shape index (κ1) is 16.5. The summed E-state index contributed by atoms with van der Waals surface area (Å²) in [6.45, 7) is 4.34. The molecule has 0 N–H and O–H groups in total. The number of carbonyl (C=O) groups is 1. The van der Waals surface area contributed by atoms with Gasteiger partial charge in [0.15, 0.2) is 23.0 Å². The summed E-state index contributed by atoms with van der Waals surface area (Å²) in [4.78, 5) is 11.1. The van der Waals surface area contributed by atoms with E-state index in [4.69, 9.17) is 4.74 Å². The molecule has 0 fully saturated rings. The summed E-state index contributed by atoms with van der Waals surface area (Å²) >= 11 is 3.79. The first-order valence-electron chi connectivity index (χ1n) is 6.30. The molecule has 0 aromatic heterocycles. The number of benzene rings is 2. The van der Waals surface area contributed by atoms with Crippen molar-refractivity contribution in [3.8, 4) is 5.75 Å². The molecule has 3 nitrogen and oxygen atoms in total. The molecule has 0 unspecified atom stereocenters. The standard InChI is InChI=1S/C16H14I2O3/c1-16(2,11-3-7-13(17)8-4-11)12-5-9-14(10-6-12)20-15(19)21-18/h3-10H,1-2H3. The molecule has 0 spiro atoms. The second kappa shape index (κ2) is 6.95. The van der Waals surface area contributed by atoms with Gasteiger partial charge in [-0.3, -0.25) is 0 Å². The summed E-state index contributed by atoms with van der Waals surface area (Å²) in [6.07, 6.45) is -0.722. The Labute approximate surface area is 151 Å². The Kier molecular flexibility index (Phi) is 5.48. The molecular weight excluding hydrogens is 494 g/mol. The molecule has 0 amide bonds. The van der Waals surface area contributed by atoms with E-state index in [1.54, 1.807) is 12.1 Å². The van der Waals surface area contributed by atoms with Crippen LogP contribution in [0.1, 0.15) is 25.0 Å². The summed E-state index contributed by atoms with van der Waals surface area (Å²) in [5.41, 5.74) is 2.27. The summed E-state index contributed by atoms with van der Waals surface area (Å²) in [6, 6.07) is 16.0. The topological polar surface area (TPSA) is 35.5 Å². The van der Waals surface area contributed by atoms with E-state index in [2.05, 4.69) is 63.8 Å². The highest BCUT2D eigenvalue weighted by atomic mass is 127. The Morgan fingerprint density at radius 2 is 1.43 bits per heavy atom. The van der Waals surface area contributed by atoms with Gasteiger partial charge in [0, 0.05) is 8.99 Å². The van der Waals surface area contributed by atoms with Crippen LogP contribution >= 0.6 is 45.6 Å². The molecule has 0 aliphatic carbocycles. The van der Waals surface area contributed by atoms with Gasteiger partial charge in [-0.2, -0.15) is 0 Å². The molecule has 0 heterocycles.